The Hall–Kier alpha value is -1.57. The summed E-state index contributed by atoms with van der Waals surface area (Å²) in [6.45, 7) is 0. The first-order chi connectivity index (χ1) is 6.79. The van der Waals surface area contributed by atoms with Crippen LogP contribution in [0.25, 0.3) is 0 Å². The van der Waals surface area contributed by atoms with Crippen LogP contribution in [0.4, 0.5) is 0 Å². The van der Waals surface area contributed by atoms with Crippen molar-refractivity contribution in [3.63, 3.8) is 0 Å². The molecule has 2 heteroatoms. The minimum atomic E-state index is -0.229. The lowest BCUT2D eigenvalue weighted by molar-refractivity contribution is -0.123. The van der Waals surface area contributed by atoms with E-state index in [1.807, 2.05) is 48.6 Å². The fourth-order valence-corrected chi connectivity index (χ4v) is 2.01. The van der Waals surface area contributed by atoms with Crippen LogP contribution in [0.3, 0.4) is 0 Å². The van der Waals surface area contributed by atoms with E-state index in [9.17, 15) is 4.79 Å². The van der Waals surface area contributed by atoms with Crippen molar-refractivity contribution in [3.05, 3.63) is 48.6 Å². The molecule has 0 saturated carbocycles. The molecule has 14 heavy (non-hydrogen) atoms. The molecule has 0 aliphatic heterocycles. The van der Waals surface area contributed by atoms with Gasteiger partial charge >= 0.3 is 0 Å². The number of amides is 1. The van der Waals surface area contributed by atoms with Crippen molar-refractivity contribution in [2.24, 2.45) is 23.5 Å². The predicted octanol–water partition coefficient (Wildman–Crippen LogP) is 1.57. The van der Waals surface area contributed by atoms with E-state index in [1.54, 1.807) is 0 Å². The van der Waals surface area contributed by atoms with Crippen molar-refractivity contribution in [2.75, 3.05) is 0 Å². The Morgan fingerprint density at radius 3 is 1.57 bits per heavy atom. The topological polar surface area (TPSA) is 43.1 Å². The summed E-state index contributed by atoms with van der Waals surface area (Å²) in [7, 11) is 0. The molecule has 0 saturated heterocycles. The molecule has 1 amide bonds. The van der Waals surface area contributed by atoms with Crippen molar-refractivity contribution in [1.29, 1.82) is 0 Å². The number of primary amides is 1. The third-order valence-corrected chi connectivity index (χ3v) is 2.71. The van der Waals surface area contributed by atoms with Crippen LogP contribution in [0.15, 0.2) is 48.6 Å². The van der Waals surface area contributed by atoms with Crippen LogP contribution in [-0.4, -0.2) is 5.91 Å². The van der Waals surface area contributed by atoms with E-state index in [0.717, 1.165) is 0 Å². The highest BCUT2D eigenvalue weighted by Gasteiger charge is 2.30. The smallest absolute Gasteiger partial charge is 0.222 e. The van der Waals surface area contributed by atoms with Crippen LogP contribution in [0.5, 0.6) is 0 Å². The molecule has 0 unspecified atom stereocenters. The van der Waals surface area contributed by atoms with Crippen molar-refractivity contribution in [2.45, 2.75) is 0 Å². The largest absolute Gasteiger partial charge is 0.369 e. The first-order valence-electron chi connectivity index (χ1n) is 4.78. The molecule has 0 aromatic heterocycles. The molecule has 72 valence electrons. The van der Waals surface area contributed by atoms with E-state index >= 15 is 0 Å². The molecular weight excluding hydrogens is 174 g/mol. The second-order valence-corrected chi connectivity index (χ2v) is 3.62. The van der Waals surface area contributed by atoms with Crippen LogP contribution in [0, 0.1) is 17.8 Å². The van der Waals surface area contributed by atoms with Crippen molar-refractivity contribution in [3.8, 4) is 0 Å². The van der Waals surface area contributed by atoms with Gasteiger partial charge in [0.25, 0.3) is 0 Å². The fraction of sp³-hybridized carbons (Fsp3) is 0.250. The van der Waals surface area contributed by atoms with Crippen molar-refractivity contribution >= 4 is 5.91 Å². The Kier molecular flexibility index (Phi) is 2.35. The van der Waals surface area contributed by atoms with E-state index in [4.69, 9.17) is 5.73 Å². The van der Waals surface area contributed by atoms with Crippen LogP contribution in [0.1, 0.15) is 0 Å². The van der Waals surface area contributed by atoms with E-state index < -0.39 is 0 Å². The molecule has 2 rings (SSSR count). The lowest BCUT2D eigenvalue weighted by atomic mass is 9.82. The number of rotatable bonds is 3. The van der Waals surface area contributed by atoms with Gasteiger partial charge in [0.15, 0.2) is 0 Å². The maximum absolute atomic E-state index is 11.4. The Bertz CT molecular complexity index is 297. The lowest BCUT2D eigenvalue weighted by Gasteiger charge is -2.21. The zero-order valence-electron chi connectivity index (χ0n) is 7.84. The summed E-state index contributed by atoms with van der Waals surface area (Å²) in [6.07, 6.45) is 15.9. The zero-order valence-corrected chi connectivity index (χ0v) is 7.84. The van der Waals surface area contributed by atoms with E-state index in [2.05, 4.69) is 0 Å². The number of hydrogen-bond acceptors (Lipinski definition) is 1. The highest BCUT2D eigenvalue weighted by Crippen LogP contribution is 2.30. The summed E-state index contributed by atoms with van der Waals surface area (Å²) in [6, 6.07) is 0. The summed E-state index contributed by atoms with van der Waals surface area (Å²) < 4.78 is 0. The Balaban J connectivity index is 2.19. The number of allylic oxidation sites excluding steroid dienone is 8. The van der Waals surface area contributed by atoms with Crippen LogP contribution >= 0.6 is 0 Å². The van der Waals surface area contributed by atoms with Crippen LogP contribution < -0.4 is 5.73 Å². The van der Waals surface area contributed by atoms with Gasteiger partial charge in [0.05, 0.1) is 5.92 Å². The first-order valence-corrected chi connectivity index (χ1v) is 4.78. The van der Waals surface area contributed by atoms with Gasteiger partial charge in [-0.2, -0.15) is 0 Å². The standard InChI is InChI=1S/C12H13NO/c13-12(14)11(9-5-1-2-6-9)10-7-3-4-8-10/h1-11H,(H2,13,14). The van der Waals surface area contributed by atoms with Gasteiger partial charge in [-0.1, -0.05) is 48.6 Å². The van der Waals surface area contributed by atoms with Gasteiger partial charge in [0, 0.05) is 11.8 Å². The highest BCUT2D eigenvalue weighted by atomic mass is 16.1. The van der Waals surface area contributed by atoms with Gasteiger partial charge in [0.2, 0.25) is 5.91 Å². The quantitative estimate of drug-likeness (QED) is 0.716. The molecule has 0 heterocycles. The van der Waals surface area contributed by atoms with Gasteiger partial charge in [-0.3, -0.25) is 4.79 Å². The molecule has 2 aliphatic carbocycles. The molecule has 2 aliphatic rings. The molecule has 0 bridgehead atoms. The van der Waals surface area contributed by atoms with E-state index in [-0.39, 0.29) is 23.7 Å². The monoisotopic (exact) mass is 187 g/mol. The summed E-state index contributed by atoms with van der Waals surface area (Å²) in [5.41, 5.74) is 5.42. The van der Waals surface area contributed by atoms with E-state index in [0.29, 0.717) is 0 Å². The number of carbonyl (C=O) groups excluding carboxylic acids is 1. The Labute approximate surface area is 83.5 Å². The van der Waals surface area contributed by atoms with Gasteiger partial charge in [-0.25, -0.2) is 0 Å². The maximum atomic E-state index is 11.4. The zero-order chi connectivity index (χ0) is 9.97. The molecule has 0 spiro atoms. The molecule has 0 atom stereocenters. The SMILES string of the molecule is NC(=O)C(C1C=CC=C1)C1C=CC=C1. The normalized spacial score (nSPS) is 20.4. The molecule has 0 fully saturated rings. The summed E-state index contributed by atoms with van der Waals surface area (Å²) in [5.74, 6) is -0.0535. The molecule has 2 N–H and O–H groups in total. The molecule has 0 aromatic carbocycles. The Morgan fingerprint density at radius 2 is 1.29 bits per heavy atom. The minimum absolute atomic E-state index is 0.139. The molecular formula is C12H13NO. The van der Waals surface area contributed by atoms with Crippen molar-refractivity contribution < 1.29 is 4.79 Å². The summed E-state index contributed by atoms with van der Waals surface area (Å²) in [4.78, 5) is 11.4. The maximum Gasteiger partial charge on any atom is 0.222 e. The highest BCUT2D eigenvalue weighted by molar-refractivity contribution is 5.79. The van der Waals surface area contributed by atoms with Crippen LogP contribution in [0.2, 0.25) is 0 Å². The van der Waals surface area contributed by atoms with Crippen LogP contribution in [-0.2, 0) is 4.79 Å². The average molecular weight is 187 g/mol. The van der Waals surface area contributed by atoms with Crippen molar-refractivity contribution in [1.82, 2.24) is 0 Å². The molecule has 0 aromatic rings. The molecule has 0 radical (unpaired) electrons. The summed E-state index contributed by atoms with van der Waals surface area (Å²) >= 11 is 0. The predicted molar refractivity (Wildman–Crippen MR) is 56.2 cm³/mol. The third kappa shape index (κ3) is 1.55. The second-order valence-electron chi connectivity index (χ2n) is 3.62. The van der Waals surface area contributed by atoms with Gasteiger partial charge in [-0.15, -0.1) is 0 Å². The minimum Gasteiger partial charge on any atom is -0.369 e. The van der Waals surface area contributed by atoms with Gasteiger partial charge < -0.3 is 5.73 Å². The third-order valence-electron chi connectivity index (χ3n) is 2.71. The number of carbonyl (C=O) groups is 1. The fourth-order valence-electron chi connectivity index (χ4n) is 2.01. The molecule has 2 nitrogen and oxygen atoms in total. The van der Waals surface area contributed by atoms with Gasteiger partial charge in [0.1, 0.15) is 0 Å². The van der Waals surface area contributed by atoms with Gasteiger partial charge in [-0.05, 0) is 0 Å². The lowest BCUT2D eigenvalue weighted by Crippen LogP contribution is -2.32. The Morgan fingerprint density at radius 1 is 0.929 bits per heavy atom. The number of nitrogens with two attached hydrogens (primary N) is 1. The summed E-state index contributed by atoms with van der Waals surface area (Å²) in [5, 5.41) is 0. The second kappa shape index (κ2) is 3.66. The first kappa shape index (κ1) is 9.00. The average Bonchev–Trinajstić information content (AvgIpc) is 2.75. The van der Waals surface area contributed by atoms with E-state index in [1.165, 1.54) is 0 Å². The number of hydrogen-bond donors (Lipinski definition) is 1.